The van der Waals surface area contributed by atoms with Crippen LogP contribution in [0.5, 0.6) is 0 Å². The van der Waals surface area contributed by atoms with Crippen LogP contribution in [0.2, 0.25) is 0 Å². The number of hydrogen-bond acceptors (Lipinski definition) is 5. The van der Waals surface area contributed by atoms with Gasteiger partial charge in [-0.3, -0.25) is 5.21 Å². The van der Waals surface area contributed by atoms with Crippen molar-refractivity contribution >= 4 is 33.4 Å². The number of hydroxylamine groups is 2. The average Bonchev–Trinajstić information content (AvgIpc) is 3.01. The van der Waals surface area contributed by atoms with Crippen molar-refractivity contribution in [3.05, 3.63) is 34.7 Å². The lowest BCUT2D eigenvalue weighted by Gasteiger charge is -2.29. The third kappa shape index (κ3) is 1.63. The summed E-state index contributed by atoms with van der Waals surface area (Å²) in [5.74, 6) is -0.450. The molecule has 2 bridgehead atoms. The predicted octanol–water partition coefficient (Wildman–Crippen LogP) is 2.69. The zero-order valence-corrected chi connectivity index (χ0v) is 12.7. The van der Waals surface area contributed by atoms with E-state index < -0.39 is 24.1 Å². The van der Waals surface area contributed by atoms with E-state index in [0.29, 0.717) is 6.54 Å². The van der Waals surface area contributed by atoms with Gasteiger partial charge >= 0.3 is 12.0 Å². The number of urea groups is 1. The Labute approximate surface area is 130 Å². The number of benzene rings is 1. The molecule has 2 aromatic rings. The van der Waals surface area contributed by atoms with Crippen LogP contribution < -0.4 is 0 Å². The van der Waals surface area contributed by atoms with E-state index in [2.05, 4.69) is 0 Å². The van der Waals surface area contributed by atoms with Crippen molar-refractivity contribution in [3.8, 4) is 0 Å². The Morgan fingerprint density at radius 3 is 3.00 bits per heavy atom. The lowest BCUT2D eigenvalue weighted by atomic mass is 9.95. The Balaban J connectivity index is 1.96. The predicted molar refractivity (Wildman–Crippen MR) is 79.7 cm³/mol. The van der Waals surface area contributed by atoms with Crippen LogP contribution >= 0.6 is 11.3 Å². The van der Waals surface area contributed by atoms with Crippen molar-refractivity contribution in [2.24, 2.45) is 0 Å². The molecule has 114 valence electrons. The number of nitrogens with zero attached hydrogens (tertiary/aromatic N) is 2. The minimum Gasteiger partial charge on any atom is -0.464 e. The third-order valence-electron chi connectivity index (χ3n) is 4.17. The van der Waals surface area contributed by atoms with Gasteiger partial charge in [-0.25, -0.2) is 9.59 Å². The molecule has 6 nitrogen and oxygen atoms in total. The van der Waals surface area contributed by atoms with E-state index in [1.807, 2.05) is 24.3 Å². The van der Waals surface area contributed by atoms with Gasteiger partial charge in [-0.15, -0.1) is 11.3 Å². The fourth-order valence-electron chi connectivity index (χ4n) is 3.25. The number of esters is 1. The van der Waals surface area contributed by atoms with Crippen LogP contribution in [0.3, 0.4) is 0 Å². The molecule has 2 amide bonds. The Hall–Kier alpha value is -2.12. The lowest BCUT2D eigenvalue weighted by Crippen LogP contribution is -2.38. The van der Waals surface area contributed by atoms with E-state index in [1.54, 1.807) is 6.92 Å². The highest BCUT2D eigenvalue weighted by Crippen LogP contribution is 2.50. The van der Waals surface area contributed by atoms with Gasteiger partial charge in [0.1, 0.15) is 6.04 Å². The first kappa shape index (κ1) is 13.5. The van der Waals surface area contributed by atoms with Gasteiger partial charge in [-0.05, 0) is 18.4 Å². The van der Waals surface area contributed by atoms with Gasteiger partial charge in [0.05, 0.1) is 13.2 Å². The van der Waals surface area contributed by atoms with Crippen LogP contribution in [0.4, 0.5) is 4.79 Å². The summed E-state index contributed by atoms with van der Waals surface area (Å²) < 4.78 is 6.20. The fourth-order valence-corrected chi connectivity index (χ4v) is 4.57. The summed E-state index contributed by atoms with van der Waals surface area (Å²) in [5, 5.41) is 11.7. The van der Waals surface area contributed by atoms with E-state index in [9.17, 15) is 14.8 Å². The van der Waals surface area contributed by atoms with Gasteiger partial charge in [0.25, 0.3) is 0 Å². The molecular formula is C15H14N2O4S. The number of thiophene rings is 1. The molecular weight excluding hydrogens is 304 g/mol. The van der Waals surface area contributed by atoms with Crippen LogP contribution in [0.25, 0.3) is 10.1 Å². The van der Waals surface area contributed by atoms with E-state index >= 15 is 0 Å². The van der Waals surface area contributed by atoms with Gasteiger partial charge in [0, 0.05) is 15.1 Å². The monoisotopic (exact) mass is 318 g/mol. The molecule has 1 N–H and O–H groups in total. The van der Waals surface area contributed by atoms with Gasteiger partial charge in [0.15, 0.2) is 6.04 Å². The van der Waals surface area contributed by atoms with Crippen LogP contribution in [-0.4, -0.2) is 40.3 Å². The van der Waals surface area contributed by atoms with Gasteiger partial charge in [-0.2, -0.15) is 5.06 Å². The normalized spacial score (nSPS) is 23.1. The molecule has 1 aromatic carbocycles. The van der Waals surface area contributed by atoms with Crippen molar-refractivity contribution < 1.29 is 19.5 Å². The van der Waals surface area contributed by atoms with Gasteiger partial charge in [0.2, 0.25) is 0 Å². The summed E-state index contributed by atoms with van der Waals surface area (Å²) >= 11 is 1.52. The van der Waals surface area contributed by atoms with Crippen molar-refractivity contribution in [2.75, 3.05) is 13.2 Å². The second-order valence-electron chi connectivity index (χ2n) is 5.33. The maximum atomic E-state index is 12.4. The van der Waals surface area contributed by atoms with E-state index in [4.69, 9.17) is 4.74 Å². The van der Waals surface area contributed by atoms with Crippen molar-refractivity contribution in [1.29, 1.82) is 0 Å². The van der Waals surface area contributed by atoms with Crippen molar-refractivity contribution in [3.63, 3.8) is 0 Å². The number of carbonyl (C=O) groups is 2. The second-order valence-corrected chi connectivity index (χ2v) is 6.41. The van der Waals surface area contributed by atoms with E-state index in [0.717, 1.165) is 25.6 Å². The zero-order valence-electron chi connectivity index (χ0n) is 11.9. The summed E-state index contributed by atoms with van der Waals surface area (Å²) in [6.45, 7) is 2.29. The molecule has 7 heteroatoms. The molecule has 2 atom stereocenters. The summed E-state index contributed by atoms with van der Waals surface area (Å²) in [7, 11) is 0. The molecule has 0 spiro atoms. The summed E-state index contributed by atoms with van der Waals surface area (Å²) in [6.07, 6.45) is 0. The maximum Gasteiger partial charge on any atom is 0.345 e. The average molecular weight is 318 g/mol. The number of rotatable bonds is 2. The summed E-state index contributed by atoms with van der Waals surface area (Å²) in [5.41, 5.74) is 0.792. The molecule has 2 unspecified atom stereocenters. The van der Waals surface area contributed by atoms with Gasteiger partial charge in [-0.1, -0.05) is 18.2 Å². The van der Waals surface area contributed by atoms with E-state index in [-0.39, 0.29) is 6.61 Å². The first-order chi connectivity index (χ1) is 10.6. The molecule has 2 aliphatic heterocycles. The molecule has 0 aliphatic carbocycles. The first-order valence-electron chi connectivity index (χ1n) is 7.10. The van der Waals surface area contributed by atoms with Crippen LogP contribution in [0, 0.1) is 0 Å². The fraction of sp³-hybridized carbons (Fsp3) is 0.333. The molecule has 0 saturated carbocycles. The second kappa shape index (κ2) is 4.69. The molecule has 1 saturated heterocycles. The first-order valence-corrected chi connectivity index (χ1v) is 7.91. The number of ether oxygens (including phenoxy) is 1. The number of hydrogen-bond donors (Lipinski definition) is 1. The molecule has 22 heavy (non-hydrogen) atoms. The molecule has 1 fully saturated rings. The van der Waals surface area contributed by atoms with Crippen LogP contribution in [-0.2, 0) is 9.53 Å². The minimum absolute atomic E-state index is 0.251. The number of carbonyl (C=O) groups excluding carboxylic acids is 2. The maximum absolute atomic E-state index is 12.4. The highest BCUT2D eigenvalue weighted by molar-refractivity contribution is 7.19. The summed E-state index contributed by atoms with van der Waals surface area (Å²) in [4.78, 5) is 26.9. The molecule has 1 aromatic heterocycles. The van der Waals surface area contributed by atoms with Crippen LogP contribution in [0.1, 0.15) is 29.4 Å². The Morgan fingerprint density at radius 1 is 1.45 bits per heavy atom. The molecule has 3 heterocycles. The SMILES string of the molecule is CCOC(=O)C1c2c(sc3ccccc23)C2CN1C(=O)N2O. The molecule has 4 rings (SSSR count). The quantitative estimate of drug-likeness (QED) is 0.683. The topological polar surface area (TPSA) is 70.1 Å². The third-order valence-corrected chi connectivity index (χ3v) is 5.45. The smallest absolute Gasteiger partial charge is 0.345 e. The molecule has 0 radical (unpaired) electrons. The Morgan fingerprint density at radius 2 is 2.23 bits per heavy atom. The molecule has 2 aliphatic rings. The van der Waals surface area contributed by atoms with E-state index in [1.165, 1.54) is 16.2 Å². The van der Waals surface area contributed by atoms with Gasteiger partial charge < -0.3 is 9.64 Å². The van der Waals surface area contributed by atoms with Crippen molar-refractivity contribution in [1.82, 2.24) is 9.96 Å². The minimum atomic E-state index is -0.785. The largest absolute Gasteiger partial charge is 0.464 e. The Bertz CT molecular complexity index is 787. The summed E-state index contributed by atoms with van der Waals surface area (Å²) in [6, 6.07) is 6.02. The highest BCUT2D eigenvalue weighted by atomic mass is 32.1. The van der Waals surface area contributed by atoms with Crippen LogP contribution in [0.15, 0.2) is 24.3 Å². The van der Waals surface area contributed by atoms with Crippen molar-refractivity contribution in [2.45, 2.75) is 19.0 Å². The standard InChI is InChI=1S/C15H14N2O4S/c1-2-21-14(18)12-11-8-5-3-4-6-10(8)22-13(11)9-7-16(12)15(19)17(9)20/h3-6,9,12,20H,2,7H2,1H3. The highest BCUT2D eigenvalue weighted by Gasteiger charge is 2.52. The zero-order chi connectivity index (χ0) is 15.4. The Kier molecular flexibility index (Phi) is 2.88. The number of amides is 2. The lowest BCUT2D eigenvalue weighted by molar-refractivity contribution is -0.148. The number of fused-ring (bicyclic) bond motifs is 6.